The second-order valence-electron chi connectivity index (χ2n) is 7.93. The van der Waals surface area contributed by atoms with E-state index in [1.54, 1.807) is 20.9 Å². The van der Waals surface area contributed by atoms with Crippen LogP contribution in [0.3, 0.4) is 0 Å². The van der Waals surface area contributed by atoms with Crippen molar-refractivity contribution in [3.05, 3.63) is 71.8 Å². The van der Waals surface area contributed by atoms with E-state index in [9.17, 15) is 14.4 Å². The summed E-state index contributed by atoms with van der Waals surface area (Å²) in [5.74, 6) is -0.644. The summed E-state index contributed by atoms with van der Waals surface area (Å²) in [5, 5.41) is 8.66. The van der Waals surface area contributed by atoms with Crippen LogP contribution in [0.2, 0.25) is 0 Å². The molecule has 2 atom stereocenters. The van der Waals surface area contributed by atoms with Crippen molar-refractivity contribution in [2.75, 3.05) is 7.05 Å². The summed E-state index contributed by atoms with van der Waals surface area (Å²) in [6.07, 6.45) is 0.828. The molecule has 0 heterocycles. The zero-order valence-corrected chi connectivity index (χ0v) is 18.1. The number of likely N-dealkylation sites (N-methyl/N-ethyl adjacent to an activating group) is 1. The van der Waals surface area contributed by atoms with Crippen LogP contribution in [0.5, 0.6) is 0 Å². The third kappa shape index (κ3) is 6.81. The van der Waals surface area contributed by atoms with Crippen molar-refractivity contribution in [1.29, 1.82) is 0 Å². The molecule has 0 saturated carbocycles. The molecule has 6 nitrogen and oxygen atoms in total. The van der Waals surface area contributed by atoms with Gasteiger partial charge in [0.1, 0.15) is 0 Å². The Morgan fingerprint density at radius 2 is 1.30 bits per heavy atom. The molecule has 0 aliphatic heterocycles. The van der Waals surface area contributed by atoms with Crippen LogP contribution in [0.4, 0.5) is 0 Å². The van der Waals surface area contributed by atoms with Gasteiger partial charge in [0.15, 0.2) is 5.78 Å². The Bertz CT molecular complexity index is 851. The van der Waals surface area contributed by atoms with Crippen molar-refractivity contribution in [1.82, 2.24) is 16.0 Å². The summed E-state index contributed by atoms with van der Waals surface area (Å²) in [7, 11) is 1.58. The van der Waals surface area contributed by atoms with Crippen molar-refractivity contribution in [2.24, 2.45) is 0 Å². The van der Waals surface area contributed by atoms with Gasteiger partial charge in [0.25, 0.3) is 0 Å². The van der Waals surface area contributed by atoms with Gasteiger partial charge in [-0.2, -0.15) is 0 Å². The lowest BCUT2D eigenvalue weighted by Crippen LogP contribution is -2.61. The monoisotopic (exact) mass is 409 g/mol. The highest BCUT2D eigenvalue weighted by Gasteiger charge is 2.37. The Morgan fingerprint density at radius 3 is 1.73 bits per heavy atom. The molecule has 0 unspecified atom stereocenters. The van der Waals surface area contributed by atoms with Gasteiger partial charge in [0, 0.05) is 14.0 Å². The molecule has 6 heteroatoms. The molecule has 0 aliphatic carbocycles. The number of ketones is 1. The highest BCUT2D eigenvalue weighted by molar-refractivity contribution is 5.96. The Balaban J connectivity index is 2.21. The molecule has 160 valence electrons. The number of nitrogens with one attached hydrogen (secondary N) is 3. The van der Waals surface area contributed by atoms with E-state index < -0.39 is 17.6 Å². The van der Waals surface area contributed by atoms with Crippen LogP contribution < -0.4 is 16.0 Å². The summed E-state index contributed by atoms with van der Waals surface area (Å²) >= 11 is 0. The van der Waals surface area contributed by atoms with E-state index in [1.165, 1.54) is 6.92 Å². The van der Waals surface area contributed by atoms with Gasteiger partial charge in [-0.3, -0.25) is 19.7 Å². The lowest BCUT2D eigenvalue weighted by Gasteiger charge is -2.33. The fourth-order valence-electron chi connectivity index (χ4n) is 3.48. The van der Waals surface area contributed by atoms with Gasteiger partial charge in [-0.1, -0.05) is 60.7 Å². The highest BCUT2D eigenvalue weighted by atomic mass is 16.2. The van der Waals surface area contributed by atoms with E-state index in [1.807, 2.05) is 60.7 Å². The van der Waals surface area contributed by atoms with Crippen molar-refractivity contribution in [2.45, 2.75) is 51.2 Å². The Kier molecular flexibility index (Phi) is 8.30. The molecule has 2 aromatic carbocycles. The SMILES string of the molecule is CNC(=O)[C@H](Cc1ccccc1)NC(C)(C)C(=O)[C@H](Cc1ccccc1)NC(C)=O. The molecule has 0 saturated heterocycles. The number of carbonyl (C=O) groups is 3. The molecule has 0 bridgehead atoms. The standard InChI is InChI=1S/C24H31N3O3/c1-17(28)26-20(15-18-11-7-5-8-12-18)22(29)24(2,3)27-21(23(30)25-4)16-19-13-9-6-10-14-19/h5-14,20-21,27H,15-16H2,1-4H3,(H,25,30)(H,26,28)/t20-,21-/m0/s1. The molecule has 0 spiro atoms. The van der Waals surface area contributed by atoms with E-state index in [2.05, 4.69) is 16.0 Å². The maximum absolute atomic E-state index is 13.4. The van der Waals surface area contributed by atoms with Crippen LogP contribution >= 0.6 is 0 Å². The summed E-state index contributed by atoms with van der Waals surface area (Å²) in [6, 6.07) is 17.9. The molecule has 0 aliphatic rings. The van der Waals surface area contributed by atoms with E-state index in [0.717, 1.165) is 11.1 Å². The minimum Gasteiger partial charge on any atom is -0.358 e. The molecule has 2 amide bonds. The Labute approximate surface area is 178 Å². The zero-order valence-electron chi connectivity index (χ0n) is 18.1. The third-order valence-corrected chi connectivity index (χ3v) is 4.97. The number of rotatable bonds is 10. The Morgan fingerprint density at radius 1 is 0.833 bits per heavy atom. The fourth-order valence-corrected chi connectivity index (χ4v) is 3.48. The lowest BCUT2D eigenvalue weighted by atomic mass is 9.88. The quantitative estimate of drug-likeness (QED) is 0.560. The maximum atomic E-state index is 13.4. The zero-order chi connectivity index (χ0) is 22.1. The molecule has 3 N–H and O–H groups in total. The number of carbonyl (C=O) groups excluding carboxylic acids is 3. The molecule has 2 rings (SSSR count). The molecule has 0 fully saturated rings. The fraction of sp³-hybridized carbons (Fsp3) is 0.375. The van der Waals surface area contributed by atoms with E-state index in [-0.39, 0.29) is 17.6 Å². The minimum absolute atomic E-state index is 0.177. The molecular weight excluding hydrogens is 378 g/mol. The van der Waals surface area contributed by atoms with Crippen LogP contribution in [-0.2, 0) is 27.2 Å². The largest absolute Gasteiger partial charge is 0.358 e. The van der Waals surface area contributed by atoms with E-state index >= 15 is 0 Å². The van der Waals surface area contributed by atoms with Crippen LogP contribution in [0, 0.1) is 0 Å². The maximum Gasteiger partial charge on any atom is 0.237 e. The van der Waals surface area contributed by atoms with E-state index in [0.29, 0.717) is 12.8 Å². The number of hydrogen-bond donors (Lipinski definition) is 3. The average molecular weight is 410 g/mol. The third-order valence-electron chi connectivity index (χ3n) is 4.97. The molecular formula is C24H31N3O3. The first-order valence-corrected chi connectivity index (χ1v) is 10.1. The second-order valence-corrected chi connectivity index (χ2v) is 7.93. The first kappa shape index (κ1) is 23.3. The number of benzene rings is 2. The summed E-state index contributed by atoms with van der Waals surface area (Å²) in [5.41, 5.74) is 0.908. The van der Waals surface area contributed by atoms with E-state index in [4.69, 9.17) is 0 Å². The van der Waals surface area contributed by atoms with Gasteiger partial charge in [0.05, 0.1) is 17.6 Å². The first-order valence-electron chi connectivity index (χ1n) is 10.1. The molecule has 0 radical (unpaired) electrons. The predicted octanol–water partition coefficient (Wildman–Crippen LogP) is 2.03. The van der Waals surface area contributed by atoms with Gasteiger partial charge in [-0.25, -0.2) is 0 Å². The number of amides is 2. The highest BCUT2D eigenvalue weighted by Crippen LogP contribution is 2.15. The summed E-state index contributed by atoms with van der Waals surface area (Å²) in [4.78, 5) is 37.6. The number of hydrogen-bond acceptors (Lipinski definition) is 4. The van der Waals surface area contributed by atoms with Crippen LogP contribution in [-0.4, -0.2) is 42.3 Å². The average Bonchev–Trinajstić information content (AvgIpc) is 2.72. The molecule has 30 heavy (non-hydrogen) atoms. The minimum atomic E-state index is -1.03. The van der Waals surface area contributed by atoms with Gasteiger partial charge < -0.3 is 10.6 Å². The van der Waals surface area contributed by atoms with Gasteiger partial charge >= 0.3 is 0 Å². The Hall–Kier alpha value is -2.99. The van der Waals surface area contributed by atoms with Crippen molar-refractivity contribution < 1.29 is 14.4 Å². The van der Waals surface area contributed by atoms with Crippen molar-refractivity contribution in [3.63, 3.8) is 0 Å². The van der Waals surface area contributed by atoms with Crippen molar-refractivity contribution >= 4 is 17.6 Å². The number of Topliss-reactive ketones (excluding diaryl/α,β-unsaturated/α-hetero) is 1. The first-order chi connectivity index (χ1) is 14.2. The van der Waals surface area contributed by atoms with Crippen LogP contribution in [0.25, 0.3) is 0 Å². The molecule has 2 aromatic rings. The summed E-state index contributed by atoms with van der Waals surface area (Å²) < 4.78 is 0. The van der Waals surface area contributed by atoms with Crippen LogP contribution in [0.1, 0.15) is 31.9 Å². The predicted molar refractivity (Wildman–Crippen MR) is 118 cm³/mol. The van der Waals surface area contributed by atoms with Crippen LogP contribution in [0.15, 0.2) is 60.7 Å². The second kappa shape index (κ2) is 10.7. The smallest absolute Gasteiger partial charge is 0.237 e. The molecule has 0 aromatic heterocycles. The lowest BCUT2D eigenvalue weighted by molar-refractivity contribution is -0.131. The normalized spacial score (nSPS) is 13.2. The summed E-state index contributed by atoms with van der Waals surface area (Å²) in [6.45, 7) is 4.89. The van der Waals surface area contributed by atoms with Crippen molar-refractivity contribution in [3.8, 4) is 0 Å². The van der Waals surface area contributed by atoms with Gasteiger partial charge in [0.2, 0.25) is 11.8 Å². The van der Waals surface area contributed by atoms with Gasteiger partial charge in [-0.05, 0) is 37.8 Å². The topological polar surface area (TPSA) is 87.3 Å². The van der Waals surface area contributed by atoms with Gasteiger partial charge in [-0.15, -0.1) is 0 Å².